The molecular weight excluding hydrogens is 441 g/mol. The van der Waals surface area contributed by atoms with Gasteiger partial charge in [-0.15, -0.1) is 0 Å². The van der Waals surface area contributed by atoms with Crippen molar-refractivity contribution in [2.75, 3.05) is 17.2 Å². The third kappa shape index (κ3) is 6.45. The number of ether oxygens (including phenoxy) is 1. The zero-order valence-electron chi connectivity index (χ0n) is 16.5. The van der Waals surface area contributed by atoms with E-state index in [2.05, 4.69) is 25.9 Å². The van der Waals surface area contributed by atoms with Gasteiger partial charge in [0, 0.05) is 34.0 Å². The topological polar surface area (TPSA) is 71.1 Å². The second kappa shape index (κ2) is 10.4. The molecule has 0 unspecified atom stereocenters. The zero-order chi connectivity index (χ0) is 21.5. The summed E-state index contributed by atoms with van der Waals surface area (Å²) in [5.74, 6) is 1.86. The quantitative estimate of drug-likeness (QED) is 0.388. The summed E-state index contributed by atoms with van der Waals surface area (Å²) in [5, 5.41) is 10.9. The minimum absolute atomic E-state index is 0.388. The van der Waals surface area contributed by atoms with Crippen LogP contribution < -0.4 is 20.7 Å². The van der Waals surface area contributed by atoms with Gasteiger partial charge >= 0.3 is 0 Å². The highest BCUT2D eigenvalue weighted by molar-refractivity contribution is 7.80. The van der Waals surface area contributed by atoms with E-state index >= 15 is 0 Å². The SMILES string of the molecule is CCOc1ccc(Nc2cc(C)nc(NC(=S)NCc3ccc(Cl)cc3Cl)n2)cc1. The Kier molecular flexibility index (Phi) is 7.68. The van der Waals surface area contributed by atoms with E-state index in [1.165, 1.54) is 0 Å². The minimum Gasteiger partial charge on any atom is -0.494 e. The fourth-order valence-electron chi connectivity index (χ4n) is 2.62. The van der Waals surface area contributed by atoms with E-state index in [4.69, 9.17) is 40.2 Å². The Hall–Kier alpha value is -2.61. The van der Waals surface area contributed by atoms with Crippen molar-refractivity contribution in [2.45, 2.75) is 20.4 Å². The molecule has 1 heterocycles. The normalized spacial score (nSPS) is 10.4. The number of nitrogens with zero attached hydrogens (tertiary/aromatic N) is 2. The first kappa shape index (κ1) is 22.1. The van der Waals surface area contributed by atoms with Crippen LogP contribution in [-0.4, -0.2) is 21.7 Å². The highest BCUT2D eigenvalue weighted by atomic mass is 35.5. The van der Waals surface area contributed by atoms with Gasteiger partial charge in [-0.25, -0.2) is 4.98 Å². The first-order valence-corrected chi connectivity index (χ1v) is 10.4. The molecule has 6 nitrogen and oxygen atoms in total. The number of nitrogens with one attached hydrogen (secondary N) is 3. The van der Waals surface area contributed by atoms with Gasteiger partial charge in [0.2, 0.25) is 5.95 Å². The molecule has 0 atom stereocenters. The van der Waals surface area contributed by atoms with Crippen LogP contribution >= 0.6 is 35.4 Å². The number of aryl methyl sites for hydroxylation is 1. The van der Waals surface area contributed by atoms with Crippen LogP contribution in [0.1, 0.15) is 18.2 Å². The molecule has 2 aromatic carbocycles. The van der Waals surface area contributed by atoms with Crippen LogP contribution in [0.5, 0.6) is 5.75 Å². The van der Waals surface area contributed by atoms with E-state index in [0.29, 0.717) is 40.1 Å². The van der Waals surface area contributed by atoms with Crippen molar-refractivity contribution in [3.05, 3.63) is 69.8 Å². The standard InChI is InChI=1S/C21H21Cl2N5OS/c1-3-29-17-8-6-16(7-9-17)26-19-10-13(2)25-20(27-19)28-21(30)24-12-14-4-5-15(22)11-18(14)23/h4-11H,3,12H2,1-2H3,(H3,24,25,26,27,28,30). The molecule has 0 spiro atoms. The van der Waals surface area contributed by atoms with Crippen LogP contribution in [-0.2, 0) is 6.54 Å². The third-order valence-corrected chi connectivity index (χ3v) is 4.81. The third-order valence-electron chi connectivity index (χ3n) is 3.97. The Morgan fingerprint density at radius 2 is 1.83 bits per heavy atom. The molecule has 3 aromatic rings. The number of aromatic nitrogens is 2. The maximum atomic E-state index is 6.19. The molecule has 0 aliphatic carbocycles. The molecule has 0 aliphatic heterocycles. The first-order chi connectivity index (χ1) is 14.4. The molecule has 0 saturated heterocycles. The lowest BCUT2D eigenvalue weighted by Gasteiger charge is -2.13. The molecule has 0 fully saturated rings. The number of thiocarbonyl (C=S) groups is 1. The summed E-state index contributed by atoms with van der Waals surface area (Å²) >= 11 is 17.5. The van der Waals surface area contributed by atoms with E-state index in [1.54, 1.807) is 12.1 Å². The Labute approximate surface area is 191 Å². The Morgan fingerprint density at radius 3 is 2.53 bits per heavy atom. The molecule has 0 amide bonds. The Morgan fingerprint density at radius 1 is 1.07 bits per heavy atom. The summed E-state index contributed by atoms with van der Waals surface area (Å²) in [6.07, 6.45) is 0. The van der Waals surface area contributed by atoms with Gasteiger partial charge in [-0.3, -0.25) is 0 Å². The summed E-state index contributed by atoms with van der Waals surface area (Å²) in [5.41, 5.74) is 2.57. The van der Waals surface area contributed by atoms with Gasteiger partial charge < -0.3 is 20.7 Å². The van der Waals surface area contributed by atoms with E-state index in [-0.39, 0.29) is 0 Å². The van der Waals surface area contributed by atoms with Gasteiger partial charge in [0.25, 0.3) is 0 Å². The van der Waals surface area contributed by atoms with Crippen molar-refractivity contribution < 1.29 is 4.74 Å². The van der Waals surface area contributed by atoms with Gasteiger partial charge in [0.05, 0.1) is 6.61 Å². The van der Waals surface area contributed by atoms with Crippen LogP contribution in [0.25, 0.3) is 0 Å². The molecule has 0 aliphatic rings. The number of benzene rings is 2. The zero-order valence-corrected chi connectivity index (χ0v) is 18.8. The lowest BCUT2D eigenvalue weighted by Crippen LogP contribution is -2.29. The van der Waals surface area contributed by atoms with Crippen molar-refractivity contribution >= 4 is 58.0 Å². The molecule has 3 N–H and O–H groups in total. The summed E-state index contributed by atoms with van der Waals surface area (Å²) < 4.78 is 5.46. The molecule has 9 heteroatoms. The summed E-state index contributed by atoms with van der Waals surface area (Å²) in [7, 11) is 0. The van der Waals surface area contributed by atoms with E-state index in [0.717, 1.165) is 22.7 Å². The largest absolute Gasteiger partial charge is 0.494 e. The molecule has 30 heavy (non-hydrogen) atoms. The smallest absolute Gasteiger partial charge is 0.231 e. The summed E-state index contributed by atoms with van der Waals surface area (Å²) in [4.78, 5) is 8.86. The molecule has 0 bridgehead atoms. The summed E-state index contributed by atoms with van der Waals surface area (Å²) in [6.45, 7) is 4.92. The van der Waals surface area contributed by atoms with Crippen LogP contribution in [0.2, 0.25) is 10.0 Å². The second-order valence-electron chi connectivity index (χ2n) is 6.34. The lowest BCUT2D eigenvalue weighted by atomic mass is 10.2. The Bertz CT molecular complexity index is 1030. The maximum absolute atomic E-state index is 6.19. The van der Waals surface area contributed by atoms with Crippen molar-refractivity contribution in [3.63, 3.8) is 0 Å². The average molecular weight is 462 g/mol. The number of hydrogen-bond donors (Lipinski definition) is 3. The molecule has 0 saturated carbocycles. The predicted octanol–water partition coefficient (Wildman–Crippen LogP) is 5.72. The fourth-order valence-corrected chi connectivity index (χ4v) is 3.26. The molecule has 156 valence electrons. The molecule has 0 radical (unpaired) electrons. The van der Waals surface area contributed by atoms with Crippen LogP contribution in [0.4, 0.5) is 17.5 Å². The minimum atomic E-state index is 0.388. The van der Waals surface area contributed by atoms with E-state index in [1.807, 2.05) is 50.2 Å². The highest BCUT2D eigenvalue weighted by Crippen LogP contribution is 2.21. The maximum Gasteiger partial charge on any atom is 0.231 e. The Balaban J connectivity index is 1.62. The number of rotatable bonds is 7. The lowest BCUT2D eigenvalue weighted by molar-refractivity contribution is 0.340. The van der Waals surface area contributed by atoms with Crippen molar-refractivity contribution in [1.29, 1.82) is 0 Å². The second-order valence-corrected chi connectivity index (χ2v) is 7.60. The highest BCUT2D eigenvalue weighted by Gasteiger charge is 2.07. The van der Waals surface area contributed by atoms with E-state index < -0.39 is 0 Å². The fraction of sp³-hybridized carbons (Fsp3) is 0.190. The number of hydrogen-bond acceptors (Lipinski definition) is 5. The summed E-state index contributed by atoms with van der Waals surface area (Å²) in [6, 6.07) is 14.8. The van der Waals surface area contributed by atoms with Crippen LogP contribution in [0.3, 0.4) is 0 Å². The number of anilines is 3. The molecule has 1 aromatic heterocycles. The van der Waals surface area contributed by atoms with Crippen LogP contribution in [0.15, 0.2) is 48.5 Å². The van der Waals surface area contributed by atoms with Gasteiger partial charge in [0.1, 0.15) is 11.6 Å². The van der Waals surface area contributed by atoms with Gasteiger partial charge in [0.15, 0.2) is 5.11 Å². The predicted molar refractivity (Wildman–Crippen MR) is 127 cm³/mol. The van der Waals surface area contributed by atoms with Crippen molar-refractivity contribution in [3.8, 4) is 5.75 Å². The monoisotopic (exact) mass is 461 g/mol. The van der Waals surface area contributed by atoms with E-state index in [9.17, 15) is 0 Å². The van der Waals surface area contributed by atoms with Gasteiger partial charge in [-0.05, 0) is 68.0 Å². The van der Waals surface area contributed by atoms with Gasteiger partial charge in [-0.1, -0.05) is 29.3 Å². The molecular formula is C21H21Cl2N5OS. The van der Waals surface area contributed by atoms with Crippen molar-refractivity contribution in [2.24, 2.45) is 0 Å². The molecule has 3 rings (SSSR count). The van der Waals surface area contributed by atoms with Gasteiger partial charge in [-0.2, -0.15) is 4.98 Å². The van der Waals surface area contributed by atoms with Crippen LogP contribution in [0, 0.1) is 6.92 Å². The average Bonchev–Trinajstić information content (AvgIpc) is 2.68. The van der Waals surface area contributed by atoms with Crippen molar-refractivity contribution in [1.82, 2.24) is 15.3 Å². The first-order valence-electron chi connectivity index (χ1n) is 9.27. The number of halogens is 2.